The normalized spacial score (nSPS) is 26.9. The molecule has 35 heavy (non-hydrogen) atoms. The molecule has 3 amide bonds. The highest BCUT2D eigenvalue weighted by molar-refractivity contribution is 6.25. The van der Waals surface area contributed by atoms with Gasteiger partial charge >= 0.3 is 0 Å². The number of imide groups is 1. The van der Waals surface area contributed by atoms with Crippen molar-refractivity contribution in [3.05, 3.63) is 89.2 Å². The minimum absolute atomic E-state index is 0.111. The monoisotopic (exact) mass is 471 g/mol. The van der Waals surface area contributed by atoms with Crippen molar-refractivity contribution in [3.63, 3.8) is 0 Å². The number of benzene rings is 3. The third-order valence-electron chi connectivity index (χ3n) is 7.33. The van der Waals surface area contributed by atoms with Crippen LogP contribution in [0.15, 0.2) is 66.7 Å². The molecule has 3 N–H and O–H groups in total. The zero-order chi connectivity index (χ0) is 24.5. The summed E-state index contributed by atoms with van der Waals surface area (Å²) in [5, 5.41) is 15.7. The zero-order valence-electron chi connectivity index (χ0n) is 18.8. The molecule has 0 radical (unpaired) electrons. The van der Waals surface area contributed by atoms with Gasteiger partial charge in [-0.25, -0.2) is 9.29 Å². The topological polar surface area (TPSA) is 98.7 Å². The van der Waals surface area contributed by atoms with Crippen LogP contribution in [0.3, 0.4) is 0 Å². The molecule has 0 bridgehead atoms. The summed E-state index contributed by atoms with van der Waals surface area (Å²) in [6.07, 6.45) is 0.335. The number of aromatic hydroxyl groups is 1. The molecule has 176 valence electrons. The molecule has 0 saturated carbocycles. The quantitative estimate of drug-likeness (QED) is 0.510. The number of amides is 3. The standard InChI is InChI=1S/C27H22FN3O4/c1-14-3-2-4-17(11-14)31-24(33)22-21(12-15-5-8-18(32)9-6-15)30-27(23(22)25(31)34)19-13-16(28)7-10-20(19)29-26(27)35/h2-11,13,21-23,30,32H,12H2,1H3,(H,29,35)/t21-,22+,23-,27+/m0/s1. The highest BCUT2D eigenvalue weighted by Gasteiger charge is 2.70. The van der Waals surface area contributed by atoms with Crippen molar-refractivity contribution in [2.24, 2.45) is 11.8 Å². The number of hydrogen-bond acceptors (Lipinski definition) is 5. The number of phenols is 1. The Kier molecular flexibility index (Phi) is 4.59. The molecule has 3 aromatic rings. The lowest BCUT2D eigenvalue weighted by atomic mass is 9.76. The third-order valence-corrected chi connectivity index (χ3v) is 7.33. The lowest BCUT2D eigenvalue weighted by Gasteiger charge is -2.29. The van der Waals surface area contributed by atoms with Crippen molar-refractivity contribution in [2.75, 3.05) is 10.2 Å². The second-order valence-electron chi connectivity index (χ2n) is 9.43. The van der Waals surface area contributed by atoms with Gasteiger partial charge in [0.2, 0.25) is 17.7 Å². The average molecular weight is 471 g/mol. The zero-order valence-corrected chi connectivity index (χ0v) is 18.8. The van der Waals surface area contributed by atoms with Gasteiger partial charge in [0.25, 0.3) is 0 Å². The Morgan fingerprint density at radius 2 is 1.77 bits per heavy atom. The van der Waals surface area contributed by atoms with Crippen molar-refractivity contribution in [1.29, 1.82) is 0 Å². The molecule has 3 aliphatic rings. The van der Waals surface area contributed by atoms with E-state index in [0.29, 0.717) is 23.4 Å². The fourth-order valence-electron chi connectivity index (χ4n) is 5.86. The summed E-state index contributed by atoms with van der Waals surface area (Å²) >= 11 is 0. The minimum Gasteiger partial charge on any atom is -0.508 e. The van der Waals surface area contributed by atoms with Crippen LogP contribution in [0.5, 0.6) is 5.75 Å². The first-order chi connectivity index (χ1) is 16.8. The van der Waals surface area contributed by atoms with Crippen molar-refractivity contribution in [1.82, 2.24) is 5.32 Å². The molecule has 8 heteroatoms. The number of phenolic OH excluding ortho intramolecular Hbond substituents is 1. The van der Waals surface area contributed by atoms with Gasteiger partial charge in [-0.2, -0.15) is 0 Å². The first kappa shape index (κ1) is 21.5. The number of rotatable bonds is 3. The molecule has 6 rings (SSSR count). The summed E-state index contributed by atoms with van der Waals surface area (Å²) in [7, 11) is 0. The van der Waals surface area contributed by atoms with E-state index in [1.165, 1.54) is 23.1 Å². The first-order valence-electron chi connectivity index (χ1n) is 11.4. The van der Waals surface area contributed by atoms with E-state index in [4.69, 9.17) is 0 Å². The van der Waals surface area contributed by atoms with E-state index in [-0.39, 0.29) is 5.75 Å². The Morgan fingerprint density at radius 3 is 2.51 bits per heavy atom. The molecule has 3 heterocycles. The second-order valence-corrected chi connectivity index (χ2v) is 9.43. The van der Waals surface area contributed by atoms with Gasteiger partial charge < -0.3 is 10.4 Å². The molecule has 0 unspecified atom stereocenters. The maximum Gasteiger partial charge on any atom is 0.250 e. The number of fused-ring (bicyclic) bond motifs is 4. The molecule has 4 atom stereocenters. The van der Waals surface area contributed by atoms with Crippen molar-refractivity contribution >= 4 is 29.1 Å². The number of anilines is 2. The van der Waals surface area contributed by atoms with E-state index in [1.54, 1.807) is 42.5 Å². The Bertz CT molecular complexity index is 1410. The number of hydrogen-bond donors (Lipinski definition) is 3. The van der Waals surface area contributed by atoms with Gasteiger partial charge in [-0.15, -0.1) is 0 Å². The van der Waals surface area contributed by atoms with Gasteiger partial charge in [-0.05, 0) is 66.9 Å². The fourth-order valence-corrected chi connectivity index (χ4v) is 5.86. The second kappa shape index (κ2) is 7.48. The van der Waals surface area contributed by atoms with E-state index in [9.17, 15) is 23.9 Å². The molecule has 0 aromatic heterocycles. The van der Waals surface area contributed by atoms with Crippen LogP contribution in [-0.4, -0.2) is 28.9 Å². The van der Waals surface area contributed by atoms with Crippen molar-refractivity contribution in [2.45, 2.75) is 24.9 Å². The number of carbonyl (C=O) groups is 3. The molecule has 2 saturated heterocycles. The predicted molar refractivity (Wildman–Crippen MR) is 126 cm³/mol. The highest BCUT2D eigenvalue weighted by Crippen LogP contribution is 2.54. The molecular weight excluding hydrogens is 449 g/mol. The summed E-state index contributed by atoms with van der Waals surface area (Å²) in [5.74, 6) is -3.66. The van der Waals surface area contributed by atoms with Crippen LogP contribution in [0.25, 0.3) is 0 Å². The summed E-state index contributed by atoms with van der Waals surface area (Å²) < 4.78 is 14.4. The van der Waals surface area contributed by atoms with Crippen LogP contribution in [0.2, 0.25) is 0 Å². The fraction of sp³-hybridized carbons (Fsp3) is 0.222. The summed E-state index contributed by atoms with van der Waals surface area (Å²) in [4.78, 5) is 42.4. The lowest BCUT2D eigenvalue weighted by Crippen LogP contribution is -2.53. The SMILES string of the molecule is Cc1cccc(N2C(=O)[C@@H]3[C@H](Cc4ccc(O)cc4)N[C@@]4(C(=O)Nc5ccc(F)cc54)[C@@H]3C2=O)c1. The van der Waals surface area contributed by atoms with Crippen LogP contribution in [0.1, 0.15) is 16.7 Å². The molecule has 7 nitrogen and oxygen atoms in total. The summed E-state index contributed by atoms with van der Waals surface area (Å²) in [6.45, 7) is 1.87. The van der Waals surface area contributed by atoms with Gasteiger partial charge in [0.15, 0.2) is 0 Å². The molecule has 1 spiro atoms. The van der Waals surface area contributed by atoms with Crippen molar-refractivity contribution in [3.8, 4) is 5.75 Å². The largest absolute Gasteiger partial charge is 0.508 e. The van der Waals surface area contributed by atoms with Crippen molar-refractivity contribution < 1.29 is 23.9 Å². The lowest BCUT2D eigenvalue weighted by molar-refractivity contribution is -0.130. The van der Waals surface area contributed by atoms with E-state index in [0.717, 1.165) is 11.1 Å². The summed E-state index contributed by atoms with van der Waals surface area (Å²) in [6, 6.07) is 17.1. The molecule has 2 fully saturated rings. The minimum atomic E-state index is -1.57. The van der Waals surface area contributed by atoms with Crippen LogP contribution in [0.4, 0.5) is 15.8 Å². The highest BCUT2D eigenvalue weighted by atomic mass is 19.1. The van der Waals surface area contributed by atoms with Gasteiger partial charge in [0, 0.05) is 17.3 Å². The number of aryl methyl sites for hydroxylation is 1. The van der Waals surface area contributed by atoms with Crippen LogP contribution in [0, 0.1) is 24.6 Å². The van der Waals surface area contributed by atoms with E-state index < -0.39 is 47.0 Å². The van der Waals surface area contributed by atoms with Gasteiger partial charge in [0.1, 0.15) is 17.1 Å². The molecule has 3 aromatic carbocycles. The van der Waals surface area contributed by atoms with Crippen LogP contribution in [-0.2, 0) is 26.3 Å². The molecule has 0 aliphatic carbocycles. The number of carbonyl (C=O) groups excluding carboxylic acids is 3. The summed E-state index contributed by atoms with van der Waals surface area (Å²) in [5.41, 5.74) is 1.34. The Balaban J connectivity index is 1.50. The van der Waals surface area contributed by atoms with E-state index in [1.807, 2.05) is 13.0 Å². The van der Waals surface area contributed by atoms with E-state index in [2.05, 4.69) is 10.6 Å². The molecule has 3 aliphatic heterocycles. The van der Waals surface area contributed by atoms with Gasteiger partial charge in [-0.3, -0.25) is 19.7 Å². The Labute approximate surface area is 200 Å². The number of halogens is 1. The maximum absolute atomic E-state index is 14.4. The van der Waals surface area contributed by atoms with Gasteiger partial charge in [0.05, 0.1) is 17.5 Å². The Hall–Kier alpha value is -4.04. The third kappa shape index (κ3) is 3.03. The Morgan fingerprint density at radius 1 is 1.00 bits per heavy atom. The maximum atomic E-state index is 14.4. The predicted octanol–water partition coefficient (Wildman–Crippen LogP) is 3.01. The number of nitrogens with zero attached hydrogens (tertiary/aromatic N) is 1. The van der Waals surface area contributed by atoms with Gasteiger partial charge in [-0.1, -0.05) is 24.3 Å². The average Bonchev–Trinajstić information content (AvgIpc) is 3.40. The molecular formula is C27H22FN3O4. The van der Waals surface area contributed by atoms with E-state index >= 15 is 0 Å². The smallest absolute Gasteiger partial charge is 0.250 e. The first-order valence-corrected chi connectivity index (χ1v) is 11.4. The number of nitrogens with one attached hydrogen (secondary N) is 2. The van der Waals surface area contributed by atoms with Crippen LogP contribution >= 0.6 is 0 Å². The van der Waals surface area contributed by atoms with Crippen LogP contribution < -0.4 is 15.5 Å².